The van der Waals surface area contributed by atoms with E-state index in [1.54, 1.807) is 6.92 Å². The van der Waals surface area contributed by atoms with E-state index in [0.29, 0.717) is 12.8 Å². The molecule has 5 N–H and O–H groups in total. The number of aromatic amines is 1. The zero-order valence-corrected chi connectivity index (χ0v) is 20.5. The van der Waals surface area contributed by atoms with Gasteiger partial charge in [-0.15, -0.1) is 0 Å². The summed E-state index contributed by atoms with van der Waals surface area (Å²) in [6.07, 6.45) is 2.62. The molecule has 2 rings (SSSR count). The minimum absolute atomic E-state index is 0.173. The molecule has 0 bridgehead atoms. The van der Waals surface area contributed by atoms with Crippen molar-refractivity contribution in [1.29, 1.82) is 0 Å². The number of carbonyl (C=O) groups is 3. The number of rotatable bonds is 10. The van der Waals surface area contributed by atoms with Crippen molar-refractivity contribution >= 4 is 28.7 Å². The van der Waals surface area contributed by atoms with Gasteiger partial charge in [0.2, 0.25) is 11.8 Å². The van der Waals surface area contributed by atoms with Crippen LogP contribution in [0.25, 0.3) is 10.9 Å². The molecule has 0 unspecified atom stereocenters. The van der Waals surface area contributed by atoms with Crippen LogP contribution in [-0.2, 0) is 25.5 Å². The highest BCUT2D eigenvalue weighted by Crippen LogP contribution is 2.22. The summed E-state index contributed by atoms with van der Waals surface area (Å²) < 4.78 is 5.12. The van der Waals surface area contributed by atoms with E-state index in [0.717, 1.165) is 16.5 Å². The first kappa shape index (κ1) is 26.4. The summed E-state index contributed by atoms with van der Waals surface area (Å²) in [5.41, 5.74) is 7.52. The lowest BCUT2D eigenvalue weighted by Gasteiger charge is -2.32. The molecule has 1 aromatic heterocycles. The quantitative estimate of drug-likeness (QED) is 0.407. The number of para-hydroxylation sites is 1. The molecule has 3 atom stereocenters. The third-order valence-electron chi connectivity index (χ3n) is 5.46. The van der Waals surface area contributed by atoms with Crippen molar-refractivity contribution in [3.8, 4) is 0 Å². The van der Waals surface area contributed by atoms with Gasteiger partial charge in [-0.2, -0.15) is 0 Å². The maximum Gasteiger partial charge on any atom is 0.328 e. The highest BCUT2D eigenvalue weighted by Gasteiger charge is 2.36. The van der Waals surface area contributed by atoms with Gasteiger partial charge in [0.15, 0.2) is 0 Å². The number of hydrogen-bond acceptors (Lipinski definition) is 5. The standard InChI is InChI=1S/C25H38N4O4/c1-7-33-24(32)20(12-15(2)3)28-23(31)21(25(4,5)6)29-22(30)18(26)13-16-14-27-19-11-9-8-10-17(16)19/h8-11,14-15,18,20-21,27H,7,12-13,26H2,1-6H3,(H,28,31)(H,29,30)/t18-,20-,21+/m0/s1. The van der Waals surface area contributed by atoms with Gasteiger partial charge in [0.1, 0.15) is 12.1 Å². The Morgan fingerprint density at radius 1 is 1.09 bits per heavy atom. The molecule has 182 valence electrons. The van der Waals surface area contributed by atoms with Crippen LogP contribution in [0, 0.1) is 11.3 Å². The highest BCUT2D eigenvalue weighted by molar-refractivity contribution is 5.93. The van der Waals surface area contributed by atoms with E-state index in [1.807, 2.05) is 65.1 Å². The molecule has 0 aliphatic heterocycles. The van der Waals surface area contributed by atoms with Gasteiger partial charge in [0.05, 0.1) is 12.6 Å². The van der Waals surface area contributed by atoms with Crippen molar-refractivity contribution in [2.45, 2.75) is 72.5 Å². The first-order valence-corrected chi connectivity index (χ1v) is 11.5. The Bertz CT molecular complexity index is 961. The number of esters is 1. The maximum absolute atomic E-state index is 13.2. The van der Waals surface area contributed by atoms with E-state index in [4.69, 9.17) is 10.5 Å². The largest absolute Gasteiger partial charge is 0.464 e. The molecule has 2 amide bonds. The second-order valence-electron chi connectivity index (χ2n) is 9.92. The van der Waals surface area contributed by atoms with Crippen molar-refractivity contribution < 1.29 is 19.1 Å². The van der Waals surface area contributed by atoms with Crippen LogP contribution in [0.2, 0.25) is 0 Å². The fourth-order valence-corrected chi connectivity index (χ4v) is 3.74. The summed E-state index contributed by atoms with van der Waals surface area (Å²) >= 11 is 0. The van der Waals surface area contributed by atoms with Crippen molar-refractivity contribution in [3.63, 3.8) is 0 Å². The summed E-state index contributed by atoms with van der Waals surface area (Å²) in [4.78, 5) is 41.6. The van der Waals surface area contributed by atoms with Crippen molar-refractivity contribution in [2.24, 2.45) is 17.1 Å². The number of fused-ring (bicyclic) bond motifs is 1. The Morgan fingerprint density at radius 3 is 2.36 bits per heavy atom. The molecule has 0 radical (unpaired) electrons. The predicted molar refractivity (Wildman–Crippen MR) is 129 cm³/mol. The molecule has 0 fully saturated rings. The van der Waals surface area contributed by atoms with Gasteiger partial charge < -0.3 is 26.1 Å². The molecule has 0 saturated carbocycles. The summed E-state index contributed by atoms with van der Waals surface area (Å²) in [6, 6.07) is 5.32. The zero-order chi connectivity index (χ0) is 24.8. The number of carbonyl (C=O) groups excluding carboxylic acids is 3. The van der Waals surface area contributed by atoms with Crippen LogP contribution in [0.5, 0.6) is 0 Å². The molecule has 1 aromatic carbocycles. The number of aromatic nitrogens is 1. The molecule has 0 saturated heterocycles. The predicted octanol–water partition coefficient (Wildman–Crippen LogP) is 2.66. The Labute approximate surface area is 196 Å². The lowest BCUT2D eigenvalue weighted by Crippen LogP contribution is -2.59. The minimum atomic E-state index is -0.872. The summed E-state index contributed by atoms with van der Waals surface area (Å²) in [5.74, 6) is -1.16. The Balaban J connectivity index is 2.12. The number of nitrogens with one attached hydrogen (secondary N) is 3. The molecule has 33 heavy (non-hydrogen) atoms. The van der Waals surface area contributed by atoms with E-state index in [2.05, 4.69) is 15.6 Å². The first-order chi connectivity index (χ1) is 15.4. The number of benzene rings is 1. The van der Waals surface area contributed by atoms with Gasteiger partial charge in [-0.3, -0.25) is 9.59 Å². The molecule has 0 aliphatic carbocycles. The maximum atomic E-state index is 13.2. The zero-order valence-electron chi connectivity index (χ0n) is 20.5. The number of hydrogen-bond donors (Lipinski definition) is 4. The van der Waals surface area contributed by atoms with Gasteiger partial charge in [-0.25, -0.2) is 4.79 Å². The van der Waals surface area contributed by atoms with E-state index in [1.165, 1.54) is 0 Å². The third-order valence-corrected chi connectivity index (χ3v) is 5.46. The fraction of sp³-hybridized carbons (Fsp3) is 0.560. The summed E-state index contributed by atoms with van der Waals surface area (Å²) in [6.45, 7) is 11.4. The van der Waals surface area contributed by atoms with E-state index in [9.17, 15) is 14.4 Å². The lowest BCUT2D eigenvalue weighted by molar-refractivity contribution is -0.148. The van der Waals surface area contributed by atoms with Crippen molar-refractivity contribution in [3.05, 3.63) is 36.0 Å². The normalized spacial score (nSPS) is 14.5. The van der Waals surface area contributed by atoms with Gasteiger partial charge >= 0.3 is 5.97 Å². The molecule has 2 aromatic rings. The molecule has 0 spiro atoms. The number of amides is 2. The smallest absolute Gasteiger partial charge is 0.328 e. The molecular weight excluding hydrogens is 420 g/mol. The molecule has 0 aliphatic rings. The van der Waals surface area contributed by atoms with Crippen LogP contribution in [0.1, 0.15) is 53.5 Å². The van der Waals surface area contributed by atoms with Gasteiger partial charge in [-0.1, -0.05) is 52.8 Å². The molecular formula is C25H38N4O4. The van der Waals surface area contributed by atoms with Crippen LogP contribution in [0.15, 0.2) is 30.5 Å². The SMILES string of the molecule is CCOC(=O)[C@H](CC(C)C)NC(=O)[C@@H](NC(=O)[C@@H](N)Cc1c[nH]c2ccccc12)C(C)(C)C. The minimum Gasteiger partial charge on any atom is -0.464 e. The second-order valence-corrected chi connectivity index (χ2v) is 9.92. The van der Waals surface area contributed by atoms with Crippen LogP contribution in [0.3, 0.4) is 0 Å². The van der Waals surface area contributed by atoms with E-state index < -0.39 is 41.3 Å². The highest BCUT2D eigenvalue weighted by atomic mass is 16.5. The second kappa shape index (κ2) is 11.3. The van der Waals surface area contributed by atoms with Crippen LogP contribution in [0.4, 0.5) is 0 Å². The van der Waals surface area contributed by atoms with E-state index in [-0.39, 0.29) is 12.5 Å². The average Bonchev–Trinajstić information content (AvgIpc) is 3.13. The molecule has 8 nitrogen and oxygen atoms in total. The Hall–Kier alpha value is -2.87. The van der Waals surface area contributed by atoms with Gasteiger partial charge in [0, 0.05) is 17.1 Å². The summed E-state index contributed by atoms with van der Waals surface area (Å²) in [7, 11) is 0. The molecule has 1 heterocycles. The third kappa shape index (κ3) is 7.32. The van der Waals surface area contributed by atoms with Crippen LogP contribution in [-0.4, -0.2) is 47.5 Å². The van der Waals surface area contributed by atoms with Gasteiger partial charge in [0.25, 0.3) is 0 Å². The monoisotopic (exact) mass is 458 g/mol. The molecule has 8 heteroatoms. The van der Waals surface area contributed by atoms with E-state index >= 15 is 0 Å². The fourth-order valence-electron chi connectivity index (χ4n) is 3.74. The first-order valence-electron chi connectivity index (χ1n) is 11.5. The van der Waals surface area contributed by atoms with Gasteiger partial charge in [-0.05, 0) is 42.7 Å². The van der Waals surface area contributed by atoms with Crippen molar-refractivity contribution in [2.75, 3.05) is 6.61 Å². The topological polar surface area (TPSA) is 126 Å². The Morgan fingerprint density at radius 2 is 1.76 bits per heavy atom. The van der Waals surface area contributed by atoms with Crippen LogP contribution >= 0.6 is 0 Å². The van der Waals surface area contributed by atoms with Crippen molar-refractivity contribution in [1.82, 2.24) is 15.6 Å². The van der Waals surface area contributed by atoms with Crippen LogP contribution < -0.4 is 16.4 Å². The Kier molecular flexibility index (Phi) is 9.05. The summed E-state index contributed by atoms with van der Waals surface area (Å²) in [5, 5.41) is 6.60. The number of H-pyrrole nitrogens is 1. The average molecular weight is 459 g/mol. The number of ether oxygens (including phenoxy) is 1. The number of nitrogens with two attached hydrogens (primary N) is 1. The lowest BCUT2D eigenvalue weighted by atomic mass is 9.85.